The first kappa shape index (κ1) is 13.2. The molecule has 0 amide bonds. The van der Waals surface area contributed by atoms with Crippen molar-refractivity contribution in [3.63, 3.8) is 0 Å². The summed E-state index contributed by atoms with van der Waals surface area (Å²) in [5, 5.41) is 6.96. The van der Waals surface area contributed by atoms with E-state index >= 15 is 0 Å². The summed E-state index contributed by atoms with van der Waals surface area (Å²) in [6, 6.07) is -0.177. The highest BCUT2D eigenvalue weighted by Gasteiger charge is 2.16. The third-order valence-corrected chi connectivity index (χ3v) is 3.47. The van der Waals surface area contributed by atoms with Gasteiger partial charge in [-0.2, -0.15) is 4.98 Å². The molecular weight excluding hydrogens is 248 g/mol. The van der Waals surface area contributed by atoms with Crippen LogP contribution in [0.3, 0.4) is 0 Å². The van der Waals surface area contributed by atoms with Crippen molar-refractivity contribution in [2.24, 2.45) is 11.7 Å². The number of aryl methyl sites for hydroxylation is 1. The summed E-state index contributed by atoms with van der Waals surface area (Å²) < 4.78 is 5.20. The van der Waals surface area contributed by atoms with Gasteiger partial charge in [-0.15, -0.1) is 11.3 Å². The Balaban J connectivity index is 2.01. The monoisotopic (exact) mass is 266 g/mol. The third-order valence-electron chi connectivity index (χ3n) is 2.50. The van der Waals surface area contributed by atoms with Crippen LogP contribution in [0, 0.1) is 12.8 Å². The fraction of sp³-hybridized carbons (Fsp3) is 0.583. The van der Waals surface area contributed by atoms with Crippen molar-refractivity contribution in [1.29, 1.82) is 0 Å². The Bertz CT molecular complexity index is 506. The Kier molecular flexibility index (Phi) is 4.08. The van der Waals surface area contributed by atoms with Crippen molar-refractivity contribution in [3.05, 3.63) is 27.8 Å². The Hall–Kier alpha value is -1.27. The standard InChI is InChI=1S/C12H18N4OS/c1-7(2)4-9(13)12-15-10(16-17-12)5-11-14-8(3)6-18-11/h6-7,9H,4-5,13H2,1-3H3. The number of thiazole rings is 1. The van der Waals surface area contributed by atoms with Gasteiger partial charge in [-0.25, -0.2) is 4.98 Å². The molecule has 2 heterocycles. The fourth-order valence-corrected chi connectivity index (χ4v) is 2.49. The maximum Gasteiger partial charge on any atom is 0.243 e. The van der Waals surface area contributed by atoms with Crippen molar-refractivity contribution in [3.8, 4) is 0 Å². The molecule has 18 heavy (non-hydrogen) atoms. The van der Waals surface area contributed by atoms with Crippen LogP contribution in [-0.2, 0) is 6.42 Å². The lowest BCUT2D eigenvalue weighted by atomic mass is 10.0. The molecule has 2 aromatic heterocycles. The molecule has 0 aliphatic heterocycles. The zero-order chi connectivity index (χ0) is 13.1. The highest BCUT2D eigenvalue weighted by Crippen LogP contribution is 2.18. The van der Waals surface area contributed by atoms with Crippen LogP contribution in [0.5, 0.6) is 0 Å². The third kappa shape index (κ3) is 3.36. The van der Waals surface area contributed by atoms with Crippen LogP contribution in [0.15, 0.2) is 9.90 Å². The van der Waals surface area contributed by atoms with Crippen molar-refractivity contribution in [2.45, 2.75) is 39.7 Å². The predicted octanol–water partition coefficient (Wildman–Crippen LogP) is 2.47. The Morgan fingerprint density at radius 1 is 1.39 bits per heavy atom. The highest BCUT2D eigenvalue weighted by molar-refractivity contribution is 7.09. The van der Waals surface area contributed by atoms with E-state index in [1.54, 1.807) is 11.3 Å². The van der Waals surface area contributed by atoms with Crippen LogP contribution in [0.25, 0.3) is 0 Å². The minimum Gasteiger partial charge on any atom is -0.338 e. The lowest BCUT2D eigenvalue weighted by Crippen LogP contribution is -2.13. The summed E-state index contributed by atoms with van der Waals surface area (Å²) in [7, 11) is 0. The summed E-state index contributed by atoms with van der Waals surface area (Å²) in [6.45, 7) is 6.21. The van der Waals surface area contributed by atoms with Crippen molar-refractivity contribution < 1.29 is 4.52 Å². The van der Waals surface area contributed by atoms with E-state index in [9.17, 15) is 0 Å². The second kappa shape index (κ2) is 5.58. The quantitative estimate of drug-likeness (QED) is 0.899. The number of rotatable bonds is 5. The minimum absolute atomic E-state index is 0.177. The molecule has 98 valence electrons. The van der Waals surface area contributed by atoms with Crippen molar-refractivity contribution in [2.75, 3.05) is 0 Å². The molecule has 0 aliphatic rings. The number of nitrogens with zero attached hydrogens (tertiary/aromatic N) is 3. The molecule has 5 nitrogen and oxygen atoms in total. The average Bonchev–Trinajstić information content (AvgIpc) is 2.87. The summed E-state index contributed by atoms with van der Waals surface area (Å²) >= 11 is 1.61. The molecule has 0 saturated heterocycles. The number of nitrogens with two attached hydrogens (primary N) is 1. The van der Waals surface area contributed by atoms with Gasteiger partial charge in [0.25, 0.3) is 0 Å². The molecule has 0 radical (unpaired) electrons. The largest absolute Gasteiger partial charge is 0.338 e. The van der Waals surface area contributed by atoms with E-state index in [4.69, 9.17) is 10.3 Å². The van der Waals surface area contributed by atoms with E-state index in [0.29, 0.717) is 24.1 Å². The lowest BCUT2D eigenvalue weighted by molar-refractivity contribution is 0.333. The summed E-state index contributed by atoms with van der Waals surface area (Å²) in [6.07, 6.45) is 1.45. The van der Waals surface area contributed by atoms with Crippen LogP contribution >= 0.6 is 11.3 Å². The predicted molar refractivity (Wildman–Crippen MR) is 70.3 cm³/mol. The molecule has 0 saturated carbocycles. The Morgan fingerprint density at radius 2 is 2.17 bits per heavy atom. The smallest absolute Gasteiger partial charge is 0.243 e. The van der Waals surface area contributed by atoms with Gasteiger partial charge in [-0.05, 0) is 19.3 Å². The summed E-state index contributed by atoms with van der Waals surface area (Å²) in [5.41, 5.74) is 7.02. The van der Waals surface area contributed by atoms with Gasteiger partial charge in [0.2, 0.25) is 5.89 Å². The van der Waals surface area contributed by atoms with Gasteiger partial charge in [0.1, 0.15) is 5.01 Å². The number of hydrogen-bond donors (Lipinski definition) is 1. The average molecular weight is 266 g/mol. The number of hydrogen-bond acceptors (Lipinski definition) is 6. The Labute approximate surface area is 110 Å². The SMILES string of the molecule is Cc1csc(Cc2noc(C(N)CC(C)C)n2)n1. The first-order valence-electron chi connectivity index (χ1n) is 6.03. The molecule has 1 unspecified atom stereocenters. The van der Waals surface area contributed by atoms with Gasteiger partial charge in [0.05, 0.1) is 12.5 Å². The maximum absolute atomic E-state index is 6.00. The molecule has 2 rings (SSSR count). The second-order valence-electron chi connectivity index (χ2n) is 4.84. The van der Waals surface area contributed by atoms with Crippen LogP contribution in [-0.4, -0.2) is 15.1 Å². The second-order valence-corrected chi connectivity index (χ2v) is 5.79. The van der Waals surface area contributed by atoms with E-state index in [1.165, 1.54) is 0 Å². The fourth-order valence-electron chi connectivity index (χ4n) is 1.72. The van der Waals surface area contributed by atoms with E-state index in [0.717, 1.165) is 17.1 Å². The van der Waals surface area contributed by atoms with E-state index in [2.05, 4.69) is 29.0 Å². The molecular formula is C12H18N4OS. The molecule has 0 bridgehead atoms. The molecule has 6 heteroatoms. The van der Waals surface area contributed by atoms with Crippen molar-refractivity contribution >= 4 is 11.3 Å². The van der Waals surface area contributed by atoms with Crippen LogP contribution in [0.2, 0.25) is 0 Å². The minimum atomic E-state index is -0.177. The molecule has 0 aliphatic carbocycles. The topological polar surface area (TPSA) is 77.8 Å². The van der Waals surface area contributed by atoms with E-state index < -0.39 is 0 Å². The number of aromatic nitrogens is 3. The van der Waals surface area contributed by atoms with Gasteiger partial charge in [0.15, 0.2) is 5.82 Å². The van der Waals surface area contributed by atoms with Crippen molar-refractivity contribution in [1.82, 2.24) is 15.1 Å². The molecule has 0 fully saturated rings. The molecule has 2 N–H and O–H groups in total. The zero-order valence-electron chi connectivity index (χ0n) is 10.9. The first-order valence-corrected chi connectivity index (χ1v) is 6.91. The molecule has 0 aromatic carbocycles. The maximum atomic E-state index is 6.00. The van der Waals surface area contributed by atoms with Crippen LogP contribution in [0.4, 0.5) is 0 Å². The lowest BCUT2D eigenvalue weighted by Gasteiger charge is -2.08. The normalized spacial score (nSPS) is 13.2. The summed E-state index contributed by atoms with van der Waals surface area (Å²) in [5.74, 6) is 1.68. The van der Waals surface area contributed by atoms with Gasteiger partial charge in [-0.3, -0.25) is 0 Å². The van der Waals surface area contributed by atoms with Gasteiger partial charge in [-0.1, -0.05) is 19.0 Å². The highest BCUT2D eigenvalue weighted by atomic mass is 32.1. The van der Waals surface area contributed by atoms with Gasteiger partial charge < -0.3 is 10.3 Å². The van der Waals surface area contributed by atoms with Gasteiger partial charge in [0, 0.05) is 11.1 Å². The molecule has 2 aromatic rings. The molecule has 0 spiro atoms. The Morgan fingerprint density at radius 3 is 2.78 bits per heavy atom. The molecule has 1 atom stereocenters. The van der Waals surface area contributed by atoms with E-state index in [-0.39, 0.29) is 6.04 Å². The van der Waals surface area contributed by atoms with Gasteiger partial charge >= 0.3 is 0 Å². The van der Waals surface area contributed by atoms with E-state index in [1.807, 2.05) is 12.3 Å². The first-order chi connectivity index (χ1) is 8.54. The summed E-state index contributed by atoms with van der Waals surface area (Å²) in [4.78, 5) is 8.71. The van der Waals surface area contributed by atoms with Crippen LogP contribution < -0.4 is 5.73 Å². The zero-order valence-corrected chi connectivity index (χ0v) is 11.7. The van der Waals surface area contributed by atoms with Crippen LogP contribution in [0.1, 0.15) is 48.7 Å².